The topological polar surface area (TPSA) is 71.3 Å². The molecule has 110 valence electrons. The van der Waals surface area contributed by atoms with Crippen molar-refractivity contribution in [3.63, 3.8) is 0 Å². The molecule has 0 saturated carbocycles. The molecule has 0 fully saturated rings. The molecule has 0 bridgehead atoms. The fourth-order valence-corrected chi connectivity index (χ4v) is 3.63. The van der Waals surface area contributed by atoms with Crippen molar-refractivity contribution in [2.75, 3.05) is 4.72 Å². The first-order valence-corrected chi connectivity index (χ1v) is 8.69. The van der Waals surface area contributed by atoms with Crippen molar-refractivity contribution in [3.8, 4) is 0 Å². The van der Waals surface area contributed by atoms with Crippen LogP contribution in [0.15, 0.2) is 32.2 Å². The van der Waals surface area contributed by atoms with Crippen molar-refractivity contribution >= 4 is 27.0 Å². The fraction of sp³-hybridized carbons (Fsp3) is 0.385. The summed E-state index contributed by atoms with van der Waals surface area (Å²) in [5.74, 6) is 1.01. The highest BCUT2D eigenvalue weighted by molar-refractivity contribution is 7.92. The van der Waals surface area contributed by atoms with Crippen molar-refractivity contribution in [1.82, 2.24) is 5.32 Å². The van der Waals surface area contributed by atoms with E-state index in [2.05, 4.69) is 10.0 Å². The minimum absolute atomic E-state index is 0.184. The van der Waals surface area contributed by atoms with Gasteiger partial charge in [0.2, 0.25) is 0 Å². The molecule has 0 aromatic carbocycles. The van der Waals surface area contributed by atoms with Gasteiger partial charge in [0.05, 0.1) is 12.2 Å². The Labute approximate surface area is 123 Å². The number of hydrogen-bond acceptors (Lipinski definition) is 5. The van der Waals surface area contributed by atoms with E-state index in [4.69, 9.17) is 4.42 Å². The summed E-state index contributed by atoms with van der Waals surface area (Å²) in [5, 5.41) is 6.75. The summed E-state index contributed by atoms with van der Waals surface area (Å²) in [7, 11) is -3.60. The Morgan fingerprint density at radius 3 is 2.75 bits per heavy atom. The van der Waals surface area contributed by atoms with Crippen LogP contribution in [0.4, 0.5) is 5.69 Å². The van der Waals surface area contributed by atoms with E-state index in [1.54, 1.807) is 24.4 Å². The fourth-order valence-electron chi connectivity index (χ4n) is 1.72. The molecular weight excluding hydrogens is 296 g/mol. The van der Waals surface area contributed by atoms with Crippen LogP contribution in [-0.2, 0) is 16.6 Å². The molecule has 0 amide bonds. The molecule has 2 aromatic rings. The first-order valence-electron chi connectivity index (χ1n) is 6.26. The Balaban J connectivity index is 2.19. The molecule has 7 heteroatoms. The molecule has 2 N–H and O–H groups in total. The number of anilines is 1. The van der Waals surface area contributed by atoms with Gasteiger partial charge >= 0.3 is 0 Å². The van der Waals surface area contributed by atoms with Crippen molar-refractivity contribution < 1.29 is 12.8 Å². The third kappa shape index (κ3) is 3.62. The molecule has 0 spiro atoms. The summed E-state index contributed by atoms with van der Waals surface area (Å²) < 4.78 is 32.6. The predicted molar refractivity (Wildman–Crippen MR) is 80.5 cm³/mol. The normalized spacial score (nSPS) is 12.0. The van der Waals surface area contributed by atoms with Crippen LogP contribution in [0.3, 0.4) is 0 Å². The number of rotatable bonds is 6. The zero-order valence-electron chi connectivity index (χ0n) is 11.6. The summed E-state index contributed by atoms with van der Waals surface area (Å²) in [6.45, 7) is 6.20. The molecule has 2 rings (SSSR count). The Morgan fingerprint density at radius 1 is 1.40 bits per heavy atom. The molecule has 2 heterocycles. The molecule has 2 aromatic heterocycles. The molecule has 0 atom stereocenters. The highest BCUT2D eigenvalue weighted by atomic mass is 32.2. The average molecular weight is 314 g/mol. The molecule has 0 radical (unpaired) electrons. The minimum atomic E-state index is -3.60. The Morgan fingerprint density at radius 2 is 2.15 bits per heavy atom. The van der Waals surface area contributed by atoms with Crippen LogP contribution in [-0.4, -0.2) is 14.5 Å². The second-order valence-corrected chi connectivity index (χ2v) is 7.22. The van der Waals surface area contributed by atoms with E-state index in [0.717, 1.165) is 0 Å². The van der Waals surface area contributed by atoms with Crippen LogP contribution < -0.4 is 10.0 Å². The van der Waals surface area contributed by atoms with E-state index in [1.165, 1.54) is 11.3 Å². The average Bonchev–Trinajstić information content (AvgIpc) is 2.95. The van der Waals surface area contributed by atoms with Crippen LogP contribution in [0, 0.1) is 6.92 Å². The Hall–Kier alpha value is -1.31. The Bertz CT molecular complexity index is 658. The van der Waals surface area contributed by atoms with Crippen molar-refractivity contribution in [2.24, 2.45) is 0 Å². The summed E-state index contributed by atoms with van der Waals surface area (Å²) >= 11 is 1.44. The summed E-state index contributed by atoms with van der Waals surface area (Å²) in [5.41, 5.74) is 0.567. The van der Waals surface area contributed by atoms with Crippen molar-refractivity contribution in [2.45, 2.75) is 38.3 Å². The lowest BCUT2D eigenvalue weighted by atomic mass is 10.3. The van der Waals surface area contributed by atoms with E-state index < -0.39 is 10.0 Å². The summed E-state index contributed by atoms with van der Waals surface area (Å²) in [6.07, 6.45) is 0. The molecule has 0 aliphatic heterocycles. The maximum absolute atomic E-state index is 12.3. The van der Waals surface area contributed by atoms with Crippen LogP contribution >= 0.6 is 11.3 Å². The molecule has 0 aliphatic carbocycles. The number of hydrogen-bond donors (Lipinski definition) is 2. The first-order chi connectivity index (χ1) is 9.38. The van der Waals surface area contributed by atoms with E-state index in [9.17, 15) is 8.42 Å². The smallest absolute Gasteiger partial charge is 0.265 e. The summed E-state index contributed by atoms with van der Waals surface area (Å²) in [4.78, 5) is 0.184. The number of thiophene rings is 1. The molecule has 0 saturated heterocycles. The van der Waals surface area contributed by atoms with Gasteiger partial charge in [0, 0.05) is 17.5 Å². The van der Waals surface area contributed by atoms with Gasteiger partial charge < -0.3 is 9.73 Å². The third-order valence-electron chi connectivity index (χ3n) is 2.67. The van der Waals surface area contributed by atoms with Crippen LogP contribution in [0.1, 0.15) is 25.4 Å². The molecule has 20 heavy (non-hydrogen) atoms. The minimum Gasteiger partial charge on any atom is -0.464 e. The van der Waals surface area contributed by atoms with Gasteiger partial charge in [0.1, 0.15) is 16.4 Å². The number of sulfonamides is 1. The maximum atomic E-state index is 12.3. The van der Waals surface area contributed by atoms with Gasteiger partial charge in [0.25, 0.3) is 10.0 Å². The molecule has 0 aliphatic rings. The lowest BCUT2D eigenvalue weighted by Crippen LogP contribution is -2.21. The molecular formula is C13H18N2O3S2. The van der Waals surface area contributed by atoms with Gasteiger partial charge in [-0.1, -0.05) is 13.8 Å². The van der Waals surface area contributed by atoms with Crippen LogP contribution in [0.5, 0.6) is 0 Å². The number of nitrogens with one attached hydrogen (secondary N) is 2. The number of aryl methyl sites for hydroxylation is 1. The number of furan rings is 1. The lowest BCUT2D eigenvalue weighted by Gasteiger charge is -2.04. The van der Waals surface area contributed by atoms with Crippen LogP contribution in [0.25, 0.3) is 0 Å². The van der Waals surface area contributed by atoms with Gasteiger partial charge in [-0.05, 0) is 18.4 Å². The van der Waals surface area contributed by atoms with E-state index in [-0.39, 0.29) is 4.90 Å². The zero-order valence-corrected chi connectivity index (χ0v) is 13.3. The predicted octanol–water partition coefficient (Wildman–Crippen LogP) is 2.95. The van der Waals surface area contributed by atoms with Gasteiger partial charge in [0.15, 0.2) is 0 Å². The molecule has 0 unspecified atom stereocenters. The second-order valence-electron chi connectivity index (χ2n) is 4.79. The SMILES string of the molecule is Cc1oc(CNC(C)C)cc1S(=O)(=O)Nc1ccsc1. The largest absolute Gasteiger partial charge is 0.464 e. The second kappa shape index (κ2) is 5.99. The van der Waals surface area contributed by atoms with Crippen molar-refractivity contribution in [3.05, 3.63) is 34.4 Å². The standard InChI is InChI=1S/C13H18N2O3S2/c1-9(2)14-7-12-6-13(10(3)18-12)20(16,17)15-11-4-5-19-8-11/h4-6,8-9,14-15H,7H2,1-3H3. The monoisotopic (exact) mass is 314 g/mol. The van der Waals surface area contributed by atoms with Gasteiger partial charge in [-0.25, -0.2) is 8.42 Å². The summed E-state index contributed by atoms with van der Waals surface area (Å²) in [6, 6.07) is 3.60. The zero-order chi connectivity index (χ0) is 14.8. The van der Waals surface area contributed by atoms with Gasteiger partial charge in [-0.15, -0.1) is 0 Å². The van der Waals surface area contributed by atoms with Crippen molar-refractivity contribution in [1.29, 1.82) is 0 Å². The maximum Gasteiger partial charge on any atom is 0.265 e. The first kappa shape index (κ1) is 15.1. The van der Waals surface area contributed by atoms with Gasteiger partial charge in [-0.3, -0.25) is 4.72 Å². The Kier molecular flexibility index (Phi) is 4.52. The third-order valence-corrected chi connectivity index (χ3v) is 4.84. The van der Waals surface area contributed by atoms with E-state index >= 15 is 0 Å². The van der Waals surface area contributed by atoms with Crippen LogP contribution in [0.2, 0.25) is 0 Å². The van der Waals surface area contributed by atoms with E-state index in [0.29, 0.717) is 29.8 Å². The molecule has 5 nitrogen and oxygen atoms in total. The quantitative estimate of drug-likeness (QED) is 0.860. The van der Waals surface area contributed by atoms with Gasteiger partial charge in [-0.2, -0.15) is 11.3 Å². The highest BCUT2D eigenvalue weighted by Crippen LogP contribution is 2.23. The lowest BCUT2D eigenvalue weighted by molar-refractivity contribution is 0.444. The van der Waals surface area contributed by atoms with E-state index in [1.807, 2.05) is 19.2 Å². The highest BCUT2D eigenvalue weighted by Gasteiger charge is 2.21.